The number of benzene rings is 3. The lowest BCUT2D eigenvalue weighted by atomic mass is 10.0. The van der Waals surface area contributed by atoms with Crippen LogP contribution in [0.4, 0.5) is 0 Å². The van der Waals surface area contributed by atoms with Crippen LogP contribution >= 0.6 is 0 Å². The van der Waals surface area contributed by atoms with Crippen LogP contribution in [-0.2, 0) is 23.4 Å². The van der Waals surface area contributed by atoms with Gasteiger partial charge in [0.25, 0.3) is 8.32 Å². The van der Waals surface area contributed by atoms with E-state index in [9.17, 15) is 9.59 Å². The van der Waals surface area contributed by atoms with Gasteiger partial charge in [-0.3, -0.25) is 4.79 Å². The molecule has 0 unspecified atom stereocenters. The van der Waals surface area contributed by atoms with E-state index in [-0.39, 0.29) is 23.8 Å². The Morgan fingerprint density at radius 2 is 1.41 bits per heavy atom. The van der Waals surface area contributed by atoms with Crippen LogP contribution in [-0.4, -0.2) is 52.3 Å². The highest BCUT2D eigenvalue weighted by Gasteiger charge is 2.51. The van der Waals surface area contributed by atoms with Crippen molar-refractivity contribution in [3.05, 3.63) is 96.6 Å². The zero-order valence-corrected chi connectivity index (χ0v) is 22.8. The summed E-state index contributed by atoms with van der Waals surface area (Å²) in [5, 5.41) is 1.95. The van der Waals surface area contributed by atoms with Gasteiger partial charge in [0.1, 0.15) is 6.10 Å². The topological polar surface area (TPSA) is 71.1 Å². The van der Waals surface area contributed by atoms with Gasteiger partial charge in [-0.2, -0.15) is 0 Å². The van der Waals surface area contributed by atoms with E-state index >= 15 is 0 Å². The van der Waals surface area contributed by atoms with Gasteiger partial charge in [0.2, 0.25) is 5.78 Å². The minimum absolute atomic E-state index is 0.0192. The average Bonchev–Trinajstić information content (AvgIpc) is 2.91. The van der Waals surface area contributed by atoms with Crippen molar-refractivity contribution in [1.29, 1.82) is 0 Å². The van der Waals surface area contributed by atoms with E-state index in [1.165, 1.54) is 7.11 Å². The Morgan fingerprint density at radius 1 is 0.892 bits per heavy atom. The molecule has 0 radical (unpaired) electrons. The van der Waals surface area contributed by atoms with Crippen LogP contribution in [0.2, 0.25) is 5.04 Å². The highest BCUT2D eigenvalue weighted by molar-refractivity contribution is 6.99. The molecule has 0 N–H and O–H groups in total. The monoisotopic (exact) mass is 518 g/mol. The number of carbonyl (C=O) groups is 2. The Hall–Kier alpha value is -3.10. The number of Topliss-reactive ketones (excluding diaryl/α,β-unsaturated/α-hetero) is 1. The predicted molar refractivity (Wildman–Crippen MR) is 145 cm³/mol. The lowest BCUT2D eigenvalue weighted by molar-refractivity contribution is -0.207. The van der Waals surface area contributed by atoms with Crippen molar-refractivity contribution < 1.29 is 28.2 Å². The Balaban J connectivity index is 1.63. The molecule has 37 heavy (non-hydrogen) atoms. The SMILES string of the molecule is CO[C@@H]1C[C@H](OC(=O)c2ccccc2)C(=O)[C@@H](CO[Si](c2ccccc2)(c2ccccc2)C(C)(C)C)O1. The van der Waals surface area contributed by atoms with Crippen LogP contribution in [0.15, 0.2) is 91.0 Å². The molecule has 1 aliphatic heterocycles. The van der Waals surface area contributed by atoms with Gasteiger partial charge >= 0.3 is 5.97 Å². The molecule has 3 aromatic rings. The molecule has 0 spiro atoms. The molecular formula is C30H34O6Si. The lowest BCUT2D eigenvalue weighted by Gasteiger charge is -2.44. The third kappa shape index (κ3) is 5.75. The number of esters is 1. The minimum atomic E-state index is -2.88. The van der Waals surface area contributed by atoms with E-state index in [4.69, 9.17) is 18.6 Å². The molecule has 0 aliphatic carbocycles. The summed E-state index contributed by atoms with van der Waals surface area (Å²) in [6, 6.07) is 29.0. The number of carbonyl (C=O) groups excluding carboxylic acids is 2. The average molecular weight is 519 g/mol. The number of ether oxygens (including phenoxy) is 3. The van der Waals surface area contributed by atoms with Gasteiger partial charge in [0.15, 0.2) is 12.4 Å². The first-order valence-electron chi connectivity index (χ1n) is 12.5. The number of rotatable bonds is 8. The van der Waals surface area contributed by atoms with Crippen molar-refractivity contribution in [3.63, 3.8) is 0 Å². The molecule has 6 nitrogen and oxygen atoms in total. The molecule has 194 valence electrons. The second-order valence-corrected chi connectivity index (χ2v) is 14.5. The van der Waals surface area contributed by atoms with E-state index < -0.39 is 32.8 Å². The Morgan fingerprint density at radius 3 is 1.89 bits per heavy atom. The van der Waals surface area contributed by atoms with Gasteiger partial charge in [-0.25, -0.2) is 4.79 Å². The molecule has 3 atom stereocenters. The normalized spacial score (nSPS) is 20.4. The molecule has 1 aliphatic rings. The third-order valence-corrected chi connectivity index (χ3v) is 11.8. The first-order valence-corrected chi connectivity index (χ1v) is 14.4. The van der Waals surface area contributed by atoms with Crippen molar-refractivity contribution in [2.24, 2.45) is 0 Å². The van der Waals surface area contributed by atoms with E-state index in [1.54, 1.807) is 24.3 Å². The molecule has 0 amide bonds. The lowest BCUT2D eigenvalue weighted by Crippen LogP contribution is -2.67. The summed E-state index contributed by atoms with van der Waals surface area (Å²) in [6.45, 7) is 6.53. The van der Waals surface area contributed by atoms with Crippen molar-refractivity contribution in [1.82, 2.24) is 0 Å². The summed E-state index contributed by atoms with van der Waals surface area (Å²) in [5.74, 6) is -0.877. The number of hydrogen-bond donors (Lipinski definition) is 0. The quantitative estimate of drug-likeness (QED) is 0.330. The predicted octanol–water partition coefficient (Wildman–Crippen LogP) is 4.12. The maximum Gasteiger partial charge on any atom is 0.338 e. The van der Waals surface area contributed by atoms with E-state index in [0.29, 0.717) is 5.56 Å². The van der Waals surface area contributed by atoms with Gasteiger partial charge in [-0.05, 0) is 27.5 Å². The number of ketones is 1. The maximum absolute atomic E-state index is 13.5. The molecule has 0 aromatic heterocycles. The molecule has 1 fully saturated rings. The largest absolute Gasteiger partial charge is 0.450 e. The standard InChI is InChI=1S/C30H34O6Si/c1-30(2,3)37(23-16-10-6-11-17-23,24-18-12-7-13-19-24)34-21-26-28(31)25(20-27(33-4)35-26)36-29(32)22-14-8-5-9-15-22/h5-19,25-27H,20-21H2,1-4H3/t25-,26+,27-/m0/s1. The Kier molecular flexibility index (Phi) is 8.39. The van der Waals surface area contributed by atoms with Crippen molar-refractivity contribution in [3.8, 4) is 0 Å². The second kappa shape index (κ2) is 11.5. The summed E-state index contributed by atoms with van der Waals surface area (Å²) >= 11 is 0. The fraction of sp³-hybridized carbons (Fsp3) is 0.333. The van der Waals surface area contributed by atoms with Crippen molar-refractivity contribution in [2.45, 2.75) is 50.7 Å². The number of methoxy groups -OCH3 is 1. The van der Waals surface area contributed by atoms with Crippen LogP contribution in [0, 0.1) is 0 Å². The first kappa shape index (κ1) is 26.9. The Bertz CT molecular complexity index is 1140. The van der Waals surface area contributed by atoms with Crippen LogP contribution in [0.3, 0.4) is 0 Å². The van der Waals surface area contributed by atoms with Gasteiger partial charge in [-0.1, -0.05) is 99.6 Å². The van der Waals surface area contributed by atoms with Crippen LogP contribution < -0.4 is 10.4 Å². The van der Waals surface area contributed by atoms with Gasteiger partial charge in [-0.15, -0.1) is 0 Å². The molecule has 7 heteroatoms. The zero-order valence-electron chi connectivity index (χ0n) is 21.8. The van der Waals surface area contributed by atoms with Crippen LogP contribution in [0.25, 0.3) is 0 Å². The number of hydrogen-bond acceptors (Lipinski definition) is 6. The van der Waals surface area contributed by atoms with E-state index in [1.807, 2.05) is 42.5 Å². The van der Waals surface area contributed by atoms with Gasteiger partial charge in [0, 0.05) is 13.5 Å². The fourth-order valence-corrected chi connectivity index (χ4v) is 9.47. The highest BCUT2D eigenvalue weighted by Crippen LogP contribution is 2.37. The Labute approximate surface area is 219 Å². The fourth-order valence-electron chi connectivity index (χ4n) is 4.92. The van der Waals surface area contributed by atoms with E-state index in [0.717, 1.165) is 10.4 Å². The summed E-state index contributed by atoms with van der Waals surface area (Å²) in [4.78, 5) is 26.2. The smallest absolute Gasteiger partial charge is 0.338 e. The molecular weight excluding hydrogens is 484 g/mol. The molecule has 0 saturated carbocycles. The summed E-state index contributed by atoms with van der Waals surface area (Å²) in [7, 11) is -1.37. The van der Waals surface area contributed by atoms with Crippen molar-refractivity contribution >= 4 is 30.4 Å². The van der Waals surface area contributed by atoms with Crippen molar-refractivity contribution in [2.75, 3.05) is 13.7 Å². The third-order valence-electron chi connectivity index (χ3n) is 6.75. The van der Waals surface area contributed by atoms with E-state index in [2.05, 4.69) is 45.0 Å². The highest BCUT2D eigenvalue weighted by atomic mass is 28.4. The molecule has 3 aromatic carbocycles. The first-order chi connectivity index (χ1) is 17.8. The van der Waals surface area contributed by atoms with Crippen LogP contribution in [0.5, 0.6) is 0 Å². The minimum Gasteiger partial charge on any atom is -0.450 e. The summed E-state index contributed by atoms with van der Waals surface area (Å²) < 4.78 is 24.0. The summed E-state index contributed by atoms with van der Waals surface area (Å²) in [6.07, 6.45) is -2.49. The van der Waals surface area contributed by atoms with Crippen LogP contribution in [0.1, 0.15) is 37.6 Å². The maximum atomic E-state index is 13.5. The van der Waals surface area contributed by atoms with Gasteiger partial charge < -0.3 is 18.6 Å². The summed E-state index contributed by atoms with van der Waals surface area (Å²) in [5.41, 5.74) is 0.385. The second-order valence-electron chi connectivity index (χ2n) is 10.2. The molecule has 4 rings (SSSR count). The zero-order chi connectivity index (χ0) is 26.5. The molecule has 1 heterocycles. The molecule has 1 saturated heterocycles. The molecule has 0 bridgehead atoms. The van der Waals surface area contributed by atoms with Gasteiger partial charge in [0.05, 0.1) is 12.2 Å².